The lowest BCUT2D eigenvalue weighted by molar-refractivity contribution is 0.174. The fourth-order valence-corrected chi connectivity index (χ4v) is 2.44. The van der Waals surface area contributed by atoms with Gasteiger partial charge in [-0.15, -0.1) is 6.58 Å². The Kier molecular flexibility index (Phi) is 4.98. The monoisotopic (exact) mass is 305 g/mol. The summed E-state index contributed by atoms with van der Waals surface area (Å²) in [5.41, 5.74) is 2.21. The van der Waals surface area contributed by atoms with E-state index in [4.69, 9.17) is 9.47 Å². The second-order valence-electron chi connectivity index (χ2n) is 5.31. The molecule has 3 heteroatoms. The van der Waals surface area contributed by atoms with E-state index in [2.05, 4.69) is 29.4 Å². The molecule has 0 spiro atoms. The average Bonchev–Trinajstić information content (AvgIpc) is 3.04. The molecule has 3 rings (SSSR count). The van der Waals surface area contributed by atoms with E-state index >= 15 is 0 Å². The maximum atomic E-state index is 5.43. The van der Waals surface area contributed by atoms with Crippen LogP contribution in [0.1, 0.15) is 11.1 Å². The Balaban J connectivity index is 1.65. The summed E-state index contributed by atoms with van der Waals surface area (Å²) in [5.74, 6) is 8.05. The van der Waals surface area contributed by atoms with Gasteiger partial charge in [-0.1, -0.05) is 42.2 Å². The quantitative estimate of drug-likeness (QED) is 0.624. The van der Waals surface area contributed by atoms with Gasteiger partial charge in [0.2, 0.25) is 6.79 Å². The van der Waals surface area contributed by atoms with Crippen LogP contribution in [0.25, 0.3) is 0 Å². The first-order valence-corrected chi connectivity index (χ1v) is 7.61. The van der Waals surface area contributed by atoms with Gasteiger partial charge in [-0.3, -0.25) is 4.90 Å². The van der Waals surface area contributed by atoms with Gasteiger partial charge in [0, 0.05) is 18.7 Å². The van der Waals surface area contributed by atoms with Crippen LogP contribution in [-0.2, 0) is 6.54 Å². The minimum Gasteiger partial charge on any atom is -0.454 e. The van der Waals surface area contributed by atoms with Gasteiger partial charge in [0.15, 0.2) is 11.5 Å². The van der Waals surface area contributed by atoms with Gasteiger partial charge in [0.25, 0.3) is 0 Å². The van der Waals surface area contributed by atoms with Gasteiger partial charge in [0.05, 0.1) is 6.54 Å². The summed E-state index contributed by atoms with van der Waals surface area (Å²) in [5, 5.41) is 0. The van der Waals surface area contributed by atoms with Crippen LogP contribution in [0, 0.1) is 11.8 Å². The van der Waals surface area contributed by atoms with Crippen LogP contribution in [0.15, 0.2) is 61.2 Å². The predicted octanol–water partition coefficient (Wildman–Crippen LogP) is 3.46. The molecule has 0 atom stereocenters. The summed E-state index contributed by atoms with van der Waals surface area (Å²) in [7, 11) is 0. The zero-order valence-corrected chi connectivity index (χ0v) is 13.0. The Bertz CT molecular complexity index is 728. The molecule has 0 saturated carbocycles. The highest BCUT2D eigenvalue weighted by molar-refractivity contribution is 5.44. The van der Waals surface area contributed by atoms with Crippen molar-refractivity contribution in [3.63, 3.8) is 0 Å². The van der Waals surface area contributed by atoms with Gasteiger partial charge >= 0.3 is 0 Å². The van der Waals surface area contributed by atoms with Crippen LogP contribution in [0.3, 0.4) is 0 Å². The molecular weight excluding hydrogens is 286 g/mol. The van der Waals surface area contributed by atoms with E-state index in [1.807, 2.05) is 48.5 Å². The predicted molar refractivity (Wildman–Crippen MR) is 91.4 cm³/mol. The van der Waals surface area contributed by atoms with Crippen LogP contribution in [0.5, 0.6) is 11.5 Å². The molecule has 0 amide bonds. The highest BCUT2D eigenvalue weighted by Gasteiger charge is 2.14. The number of hydrogen-bond donors (Lipinski definition) is 0. The molecule has 1 aliphatic heterocycles. The second kappa shape index (κ2) is 7.53. The van der Waals surface area contributed by atoms with E-state index in [1.165, 1.54) is 5.56 Å². The molecule has 3 nitrogen and oxygen atoms in total. The maximum Gasteiger partial charge on any atom is 0.231 e. The third kappa shape index (κ3) is 4.15. The minimum absolute atomic E-state index is 0.303. The molecule has 116 valence electrons. The fourth-order valence-electron chi connectivity index (χ4n) is 2.44. The first-order chi connectivity index (χ1) is 11.3. The Morgan fingerprint density at radius 2 is 1.91 bits per heavy atom. The minimum atomic E-state index is 0.303. The number of ether oxygens (including phenoxy) is 2. The Morgan fingerprint density at radius 1 is 1.09 bits per heavy atom. The third-order valence-corrected chi connectivity index (χ3v) is 3.54. The Labute approximate surface area is 137 Å². The van der Waals surface area contributed by atoms with Crippen molar-refractivity contribution in [2.45, 2.75) is 6.54 Å². The highest BCUT2D eigenvalue weighted by Crippen LogP contribution is 2.32. The molecule has 1 aliphatic rings. The van der Waals surface area contributed by atoms with Gasteiger partial charge in [-0.25, -0.2) is 0 Å². The summed E-state index contributed by atoms with van der Waals surface area (Å²) in [6, 6.07) is 16.1. The zero-order valence-electron chi connectivity index (χ0n) is 13.0. The lowest BCUT2D eigenvalue weighted by Crippen LogP contribution is -2.23. The average molecular weight is 305 g/mol. The summed E-state index contributed by atoms with van der Waals surface area (Å²) in [4.78, 5) is 2.24. The number of benzene rings is 2. The first-order valence-electron chi connectivity index (χ1n) is 7.61. The normalized spacial score (nSPS) is 11.9. The number of hydrogen-bond acceptors (Lipinski definition) is 3. The van der Waals surface area contributed by atoms with E-state index in [-0.39, 0.29) is 0 Å². The van der Waals surface area contributed by atoms with E-state index in [9.17, 15) is 0 Å². The fraction of sp³-hybridized carbons (Fsp3) is 0.200. The van der Waals surface area contributed by atoms with Crippen LogP contribution < -0.4 is 9.47 Å². The number of rotatable bonds is 5. The van der Waals surface area contributed by atoms with Crippen LogP contribution in [0.4, 0.5) is 0 Å². The van der Waals surface area contributed by atoms with Crippen molar-refractivity contribution in [2.24, 2.45) is 0 Å². The van der Waals surface area contributed by atoms with E-state index in [0.29, 0.717) is 13.3 Å². The third-order valence-electron chi connectivity index (χ3n) is 3.54. The summed E-state index contributed by atoms with van der Waals surface area (Å²) < 4.78 is 10.8. The van der Waals surface area contributed by atoms with Crippen molar-refractivity contribution in [3.05, 3.63) is 72.3 Å². The molecule has 0 saturated heterocycles. The van der Waals surface area contributed by atoms with Crippen molar-refractivity contribution in [2.75, 3.05) is 19.9 Å². The molecule has 0 bridgehead atoms. The number of nitrogens with zero attached hydrogens (tertiary/aromatic N) is 1. The Morgan fingerprint density at radius 3 is 2.74 bits per heavy atom. The lowest BCUT2D eigenvalue weighted by Gasteiger charge is -2.17. The zero-order chi connectivity index (χ0) is 15.9. The molecule has 0 N–H and O–H groups in total. The summed E-state index contributed by atoms with van der Waals surface area (Å²) >= 11 is 0. The molecule has 0 fully saturated rings. The molecule has 0 unspecified atom stereocenters. The van der Waals surface area contributed by atoms with Crippen molar-refractivity contribution < 1.29 is 9.47 Å². The summed E-state index contributed by atoms with van der Waals surface area (Å²) in [6.45, 7) is 6.41. The maximum absolute atomic E-state index is 5.43. The van der Waals surface area contributed by atoms with Crippen molar-refractivity contribution in [1.82, 2.24) is 4.90 Å². The van der Waals surface area contributed by atoms with E-state index in [0.717, 1.165) is 30.2 Å². The van der Waals surface area contributed by atoms with Gasteiger partial charge in [-0.2, -0.15) is 0 Å². The van der Waals surface area contributed by atoms with E-state index in [1.54, 1.807) is 0 Å². The van der Waals surface area contributed by atoms with Crippen molar-refractivity contribution in [1.29, 1.82) is 0 Å². The van der Waals surface area contributed by atoms with Crippen LogP contribution >= 0.6 is 0 Å². The van der Waals surface area contributed by atoms with Gasteiger partial charge < -0.3 is 9.47 Å². The number of fused-ring (bicyclic) bond motifs is 1. The molecular formula is C20H19NO2. The molecule has 1 heterocycles. The first kappa shape index (κ1) is 15.2. The SMILES string of the molecule is C=CCN(CC#Cc1ccccc1)Cc1ccc2c(c1)OCO2. The van der Waals surface area contributed by atoms with Gasteiger partial charge in [0.1, 0.15) is 0 Å². The van der Waals surface area contributed by atoms with Crippen molar-refractivity contribution >= 4 is 0 Å². The van der Waals surface area contributed by atoms with Gasteiger partial charge in [-0.05, 0) is 29.8 Å². The Hall–Kier alpha value is -2.70. The second-order valence-corrected chi connectivity index (χ2v) is 5.31. The van der Waals surface area contributed by atoms with E-state index < -0.39 is 0 Å². The van der Waals surface area contributed by atoms with Crippen molar-refractivity contribution in [3.8, 4) is 23.3 Å². The smallest absolute Gasteiger partial charge is 0.231 e. The molecule has 2 aromatic rings. The highest BCUT2D eigenvalue weighted by atomic mass is 16.7. The van der Waals surface area contributed by atoms with Crippen LogP contribution in [0.2, 0.25) is 0 Å². The lowest BCUT2D eigenvalue weighted by atomic mass is 10.2. The molecule has 2 aromatic carbocycles. The standard InChI is InChI=1S/C20H19NO2/c1-2-12-21(13-6-9-17-7-4-3-5-8-17)15-18-10-11-19-20(14-18)23-16-22-19/h2-5,7-8,10-11,14H,1,12-13,15-16H2. The molecule has 0 aliphatic carbocycles. The topological polar surface area (TPSA) is 21.7 Å². The molecule has 0 radical (unpaired) electrons. The molecule has 23 heavy (non-hydrogen) atoms. The largest absolute Gasteiger partial charge is 0.454 e. The van der Waals surface area contributed by atoms with Crippen LogP contribution in [-0.4, -0.2) is 24.8 Å². The summed E-state index contributed by atoms with van der Waals surface area (Å²) in [6.07, 6.45) is 1.90. The molecule has 0 aromatic heterocycles.